The minimum Gasteiger partial charge on any atom is -0.330 e. The summed E-state index contributed by atoms with van der Waals surface area (Å²) in [7, 11) is 0. The standard InChI is InChI=1S/C7H14N2/c1-6-4-9-5-7(6)2-3-8/h5-7H,2-4,8H2,1H3. The molecule has 0 aromatic carbocycles. The molecule has 0 saturated carbocycles. The molecule has 0 aromatic heterocycles. The topological polar surface area (TPSA) is 38.4 Å². The highest BCUT2D eigenvalue weighted by molar-refractivity contribution is 5.63. The van der Waals surface area contributed by atoms with Crippen molar-refractivity contribution in [2.24, 2.45) is 22.6 Å². The third-order valence-electron chi connectivity index (χ3n) is 1.92. The highest BCUT2D eigenvalue weighted by atomic mass is 14.8. The minimum absolute atomic E-state index is 0.662. The lowest BCUT2D eigenvalue weighted by Gasteiger charge is -2.09. The Morgan fingerprint density at radius 3 is 3.00 bits per heavy atom. The van der Waals surface area contributed by atoms with Crippen molar-refractivity contribution in [2.45, 2.75) is 13.3 Å². The van der Waals surface area contributed by atoms with Gasteiger partial charge >= 0.3 is 0 Å². The first-order valence-electron chi connectivity index (χ1n) is 3.54. The Labute approximate surface area is 56.2 Å². The van der Waals surface area contributed by atoms with Crippen LogP contribution in [0.15, 0.2) is 4.99 Å². The van der Waals surface area contributed by atoms with Crippen LogP contribution < -0.4 is 5.73 Å². The van der Waals surface area contributed by atoms with Crippen molar-refractivity contribution in [3.8, 4) is 0 Å². The minimum atomic E-state index is 0.662. The van der Waals surface area contributed by atoms with E-state index in [1.54, 1.807) is 0 Å². The van der Waals surface area contributed by atoms with Crippen molar-refractivity contribution in [1.82, 2.24) is 0 Å². The Hall–Kier alpha value is -0.370. The van der Waals surface area contributed by atoms with Gasteiger partial charge in [-0.2, -0.15) is 0 Å². The Kier molecular flexibility index (Phi) is 2.22. The highest BCUT2D eigenvalue weighted by Crippen LogP contribution is 2.18. The fourth-order valence-electron chi connectivity index (χ4n) is 1.20. The fourth-order valence-corrected chi connectivity index (χ4v) is 1.20. The van der Waals surface area contributed by atoms with E-state index in [9.17, 15) is 0 Å². The molecule has 52 valence electrons. The Bertz CT molecular complexity index is 109. The second-order valence-electron chi connectivity index (χ2n) is 2.73. The summed E-state index contributed by atoms with van der Waals surface area (Å²) < 4.78 is 0. The van der Waals surface area contributed by atoms with Crippen molar-refractivity contribution in [3.63, 3.8) is 0 Å². The summed E-state index contributed by atoms with van der Waals surface area (Å²) in [6, 6.07) is 0. The zero-order valence-electron chi connectivity index (χ0n) is 5.88. The van der Waals surface area contributed by atoms with Gasteiger partial charge in [0.15, 0.2) is 0 Å². The number of hydrogen-bond acceptors (Lipinski definition) is 2. The average Bonchev–Trinajstić information content (AvgIpc) is 2.18. The molecule has 0 fully saturated rings. The quantitative estimate of drug-likeness (QED) is 0.580. The van der Waals surface area contributed by atoms with Crippen molar-refractivity contribution in [1.29, 1.82) is 0 Å². The van der Waals surface area contributed by atoms with E-state index in [1.165, 1.54) is 0 Å². The molecule has 2 nitrogen and oxygen atoms in total. The molecular weight excluding hydrogens is 112 g/mol. The van der Waals surface area contributed by atoms with Gasteiger partial charge in [-0.1, -0.05) is 6.92 Å². The van der Waals surface area contributed by atoms with Crippen LogP contribution in [-0.2, 0) is 0 Å². The fraction of sp³-hybridized carbons (Fsp3) is 0.857. The molecule has 0 radical (unpaired) electrons. The summed E-state index contributed by atoms with van der Waals surface area (Å²) >= 11 is 0. The second-order valence-corrected chi connectivity index (χ2v) is 2.73. The van der Waals surface area contributed by atoms with Crippen molar-refractivity contribution < 1.29 is 0 Å². The van der Waals surface area contributed by atoms with E-state index >= 15 is 0 Å². The molecule has 1 rings (SSSR count). The Morgan fingerprint density at radius 1 is 1.78 bits per heavy atom. The molecule has 0 saturated heterocycles. The number of aliphatic imine (C=N–C) groups is 1. The first-order chi connectivity index (χ1) is 4.34. The summed E-state index contributed by atoms with van der Waals surface area (Å²) in [5, 5.41) is 0. The molecule has 2 N–H and O–H groups in total. The van der Waals surface area contributed by atoms with Crippen molar-refractivity contribution in [3.05, 3.63) is 0 Å². The van der Waals surface area contributed by atoms with E-state index < -0.39 is 0 Å². The van der Waals surface area contributed by atoms with E-state index in [0.29, 0.717) is 5.92 Å². The van der Waals surface area contributed by atoms with Crippen LogP contribution in [0.1, 0.15) is 13.3 Å². The van der Waals surface area contributed by atoms with E-state index in [2.05, 4.69) is 18.1 Å². The molecule has 1 aliphatic rings. The summed E-state index contributed by atoms with van der Waals surface area (Å²) in [4.78, 5) is 4.18. The van der Waals surface area contributed by atoms with Crippen LogP contribution >= 0.6 is 0 Å². The van der Waals surface area contributed by atoms with Gasteiger partial charge in [-0.15, -0.1) is 0 Å². The van der Waals surface area contributed by atoms with Gasteiger partial charge in [-0.25, -0.2) is 0 Å². The van der Waals surface area contributed by atoms with Crippen LogP contribution in [0.5, 0.6) is 0 Å². The number of rotatable bonds is 2. The lowest BCUT2D eigenvalue weighted by molar-refractivity contribution is 0.479. The molecule has 2 atom stereocenters. The monoisotopic (exact) mass is 126 g/mol. The zero-order valence-corrected chi connectivity index (χ0v) is 5.88. The van der Waals surface area contributed by atoms with E-state index in [4.69, 9.17) is 5.73 Å². The average molecular weight is 126 g/mol. The third-order valence-corrected chi connectivity index (χ3v) is 1.92. The molecule has 0 amide bonds. The zero-order chi connectivity index (χ0) is 6.69. The predicted molar refractivity (Wildman–Crippen MR) is 39.7 cm³/mol. The van der Waals surface area contributed by atoms with Crippen LogP contribution in [0.4, 0.5) is 0 Å². The van der Waals surface area contributed by atoms with Crippen molar-refractivity contribution >= 4 is 6.21 Å². The molecule has 1 heterocycles. The normalized spacial score (nSPS) is 33.6. The van der Waals surface area contributed by atoms with Crippen LogP contribution in [-0.4, -0.2) is 19.3 Å². The maximum atomic E-state index is 5.41. The van der Waals surface area contributed by atoms with E-state index in [-0.39, 0.29) is 0 Å². The van der Waals surface area contributed by atoms with Crippen LogP contribution in [0.25, 0.3) is 0 Å². The van der Waals surface area contributed by atoms with E-state index in [0.717, 1.165) is 25.4 Å². The Balaban J connectivity index is 2.31. The van der Waals surface area contributed by atoms with Gasteiger partial charge in [0, 0.05) is 12.8 Å². The van der Waals surface area contributed by atoms with Gasteiger partial charge in [0.25, 0.3) is 0 Å². The van der Waals surface area contributed by atoms with Gasteiger partial charge in [-0.05, 0) is 24.8 Å². The van der Waals surface area contributed by atoms with E-state index in [1.807, 2.05) is 0 Å². The van der Waals surface area contributed by atoms with Crippen LogP contribution in [0.2, 0.25) is 0 Å². The molecule has 0 aromatic rings. The largest absolute Gasteiger partial charge is 0.330 e. The van der Waals surface area contributed by atoms with Gasteiger partial charge in [0.1, 0.15) is 0 Å². The first kappa shape index (κ1) is 6.75. The van der Waals surface area contributed by atoms with Gasteiger partial charge < -0.3 is 5.73 Å². The lowest BCUT2D eigenvalue weighted by Crippen LogP contribution is -2.14. The summed E-state index contributed by atoms with van der Waals surface area (Å²) in [5.41, 5.74) is 5.41. The second kappa shape index (κ2) is 2.97. The predicted octanol–water partition coefficient (Wildman–Crippen LogP) is 0.672. The maximum absolute atomic E-state index is 5.41. The highest BCUT2D eigenvalue weighted by Gasteiger charge is 2.17. The SMILES string of the molecule is CC1CN=CC1CCN. The molecular formula is C7H14N2. The summed E-state index contributed by atoms with van der Waals surface area (Å²) in [6.07, 6.45) is 3.15. The molecule has 0 spiro atoms. The molecule has 0 bridgehead atoms. The molecule has 2 heteroatoms. The lowest BCUT2D eigenvalue weighted by atomic mass is 9.95. The maximum Gasteiger partial charge on any atom is 0.0417 e. The van der Waals surface area contributed by atoms with Gasteiger partial charge in [-0.3, -0.25) is 4.99 Å². The smallest absolute Gasteiger partial charge is 0.0417 e. The van der Waals surface area contributed by atoms with Gasteiger partial charge in [0.05, 0.1) is 0 Å². The third kappa shape index (κ3) is 1.52. The van der Waals surface area contributed by atoms with Gasteiger partial charge in [0.2, 0.25) is 0 Å². The molecule has 1 aliphatic heterocycles. The molecule has 0 aliphatic carbocycles. The summed E-state index contributed by atoms with van der Waals surface area (Å²) in [5.74, 6) is 1.39. The number of hydrogen-bond donors (Lipinski definition) is 1. The molecule has 9 heavy (non-hydrogen) atoms. The number of nitrogens with two attached hydrogens (primary N) is 1. The number of nitrogens with zero attached hydrogens (tertiary/aromatic N) is 1. The Morgan fingerprint density at radius 2 is 2.56 bits per heavy atom. The first-order valence-corrected chi connectivity index (χ1v) is 3.54. The van der Waals surface area contributed by atoms with Crippen LogP contribution in [0.3, 0.4) is 0 Å². The van der Waals surface area contributed by atoms with Crippen molar-refractivity contribution in [2.75, 3.05) is 13.1 Å². The summed E-state index contributed by atoms with van der Waals surface area (Å²) in [6.45, 7) is 4.03. The molecule has 2 unspecified atom stereocenters. The van der Waals surface area contributed by atoms with Crippen LogP contribution in [0, 0.1) is 11.8 Å².